The number of nitrogens with zero attached hydrogens (tertiary/aromatic N) is 1. The fraction of sp³-hybridized carbons (Fsp3) is 1.00. The minimum atomic E-state index is 0.296. The summed E-state index contributed by atoms with van der Waals surface area (Å²) in [6.45, 7) is 12.8. The molecular formula is C15H35INOP2-. The van der Waals surface area contributed by atoms with E-state index in [-0.39, 0.29) is 0 Å². The summed E-state index contributed by atoms with van der Waals surface area (Å²) in [7, 11) is 2.49. The van der Waals surface area contributed by atoms with Gasteiger partial charge in [-0.2, -0.15) is 0 Å². The van der Waals surface area contributed by atoms with Gasteiger partial charge in [0.25, 0.3) is 0 Å². The molecule has 0 rings (SSSR count). The predicted molar refractivity (Wildman–Crippen MR) is 94.1 cm³/mol. The summed E-state index contributed by atoms with van der Waals surface area (Å²) in [5.74, 6) is 0. The normalized spacial score (nSPS) is 12.2. The average Bonchev–Trinajstić information content (AvgIpc) is 2.49. The molecule has 0 heterocycles. The molecule has 0 atom stereocenters. The molecule has 0 fully saturated rings. The first-order chi connectivity index (χ1) is 9.71. The number of methoxy groups -OCH3 is 1. The van der Waals surface area contributed by atoms with Crippen LogP contribution in [0.1, 0.15) is 27.7 Å². The molecule has 0 spiro atoms. The number of hydrogen-bond acceptors (Lipinski definition) is 2. The van der Waals surface area contributed by atoms with Crippen LogP contribution in [0.2, 0.25) is 0 Å². The number of halogens is 1. The van der Waals surface area contributed by atoms with Crippen molar-refractivity contribution >= 4 is 15.8 Å². The molecule has 0 unspecified atom stereocenters. The topological polar surface area (TPSA) is 12.5 Å². The molecule has 5 heteroatoms. The number of rotatable bonds is 14. The van der Waals surface area contributed by atoms with E-state index < -0.39 is 0 Å². The van der Waals surface area contributed by atoms with Crippen LogP contribution < -0.4 is 21.2 Å². The fourth-order valence-corrected chi connectivity index (χ4v) is 11.6. The van der Waals surface area contributed by atoms with Gasteiger partial charge in [0.2, 0.25) is 0 Å². The van der Waals surface area contributed by atoms with Gasteiger partial charge in [-0.15, -0.1) is 0 Å². The molecule has 0 saturated heterocycles. The molecule has 0 aromatic rings. The Morgan fingerprint density at radius 1 is 0.900 bits per heavy atom. The maximum absolute atomic E-state index is 5.28. The Morgan fingerprint density at radius 2 is 1.50 bits per heavy atom. The fourth-order valence-electron chi connectivity index (χ4n) is 1.94. The van der Waals surface area contributed by atoms with Crippen LogP contribution in [0.25, 0.3) is 0 Å². The van der Waals surface area contributed by atoms with E-state index in [0.717, 1.165) is 13.2 Å². The summed E-state index contributed by atoms with van der Waals surface area (Å²) < 4.78 is 8.24. The van der Waals surface area contributed by atoms with Crippen molar-refractivity contribution in [2.45, 2.75) is 27.7 Å². The SMILES string of the molecule is CCP(CC)CCN(CCOC)C[I-]CP(CC)CC. The van der Waals surface area contributed by atoms with Gasteiger partial charge in [-0.1, -0.05) is 0 Å². The van der Waals surface area contributed by atoms with E-state index in [1.54, 1.807) is 4.17 Å². The quantitative estimate of drug-likeness (QED) is 0.175. The van der Waals surface area contributed by atoms with E-state index in [0.29, 0.717) is 37.0 Å². The van der Waals surface area contributed by atoms with E-state index in [2.05, 4.69) is 32.6 Å². The summed E-state index contributed by atoms with van der Waals surface area (Å²) in [5.41, 5.74) is 0. The molecule has 0 aliphatic carbocycles. The summed E-state index contributed by atoms with van der Waals surface area (Å²) >= 11 is 0.379. The summed E-state index contributed by atoms with van der Waals surface area (Å²) in [4.78, 5) is 2.69. The van der Waals surface area contributed by atoms with Gasteiger partial charge in [-0.25, -0.2) is 0 Å². The zero-order valence-electron chi connectivity index (χ0n) is 14.2. The van der Waals surface area contributed by atoms with Gasteiger partial charge in [0, 0.05) is 0 Å². The van der Waals surface area contributed by atoms with Crippen molar-refractivity contribution in [2.75, 3.05) is 66.3 Å². The third-order valence-corrected chi connectivity index (χ3v) is 14.3. The number of alkyl halides is 2. The molecular weight excluding hydrogens is 399 g/mol. The van der Waals surface area contributed by atoms with Crippen molar-refractivity contribution in [3.8, 4) is 0 Å². The van der Waals surface area contributed by atoms with Crippen LogP contribution in [-0.2, 0) is 4.74 Å². The van der Waals surface area contributed by atoms with Crippen molar-refractivity contribution in [1.29, 1.82) is 0 Å². The van der Waals surface area contributed by atoms with E-state index in [1.165, 1.54) is 41.9 Å². The molecule has 2 nitrogen and oxygen atoms in total. The van der Waals surface area contributed by atoms with Crippen LogP contribution in [0.15, 0.2) is 0 Å². The Morgan fingerprint density at radius 3 is 2.00 bits per heavy atom. The van der Waals surface area contributed by atoms with Gasteiger partial charge < -0.3 is 0 Å². The second kappa shape index (κ2) is 15.4. The molecule has 0 amide bonds. The third-order valence-electron chi connectivity index (χ3n) is 3.64. The van der Waals surface area contributed by atoms with Gasteiger partial charge in [0.1, 0.15) is 0 Å². The second-order valence-electron chi connectivity index (χ2n) is 4.87. The third kappa shape index (κ3) is 11.1. The van der Waals surface area contributed by atoms with E-state index in [4.69, 9.17) is 4.74 Å². The number of ether oxygens (including phenoxy) is 1. The van der Waals surface area contributed by atoms with Crippen molar-refractivity contribution < 1.29 is 25.9 Å². The van der Waals surface area contributed by atoms with Crippen LogP contribution in [0, 0.1) is 0 Å². The summed E-state index contributed by atoms with van der Waals surface area (Å²) in [6, 6.07) is 0. The summed E-state index contributed by atoms with van der Waals surface area (Å²) in [5, 5.41) is 0. The van der Waals surface area contributed by atoms with Crippen LogP contribution >= 0.6 is 15.8 Å². The maximum atomic E-state index is 5.28. The van der Waals surface area contributed by atoms with Gasteiger partial charge in [-0.3, -0.25) is 0 Å². The predicted octanol–water partition coefficient (Wildman–Crippen LogP) is 0.982. The van der Waals surface area contributed by atoms with Gasteiger partial charge in [0.05, 0.1) is 0 Å². The monoisotopic (exact) mass is 434 g/mol. The van der Waals surface area contributed by atoms with Gasteiger partial charge in [0.15, 0.2) is 0 Å². The summed E-state index contributed by atoms with van der Waals surface area (Å²) in [6.07, 6.45) is 7.10. The van der Waals surface area contributed by atoms with Gasteiger partial charge >= 0.3 is 141 Å². The number of hydrogen-bond donors (Lipinski definition) is 0. The Balaban J connectivity index is 4.00. The Labute approximate surface area is 140 Å². The zero-order valence-corrected chi connectivity index (χ0v) is 18.1. The molecule has 0 aliphatic rings. The average molecular weight is 434 g/mol. The van der Waals surface area contributed by atoms with Crippen molar-refractivity contribution in [1.82, 2.24) is 4.90 Å². The standard InChI is InChI=1S/C15H35INOP2/c1-6-19(7-2)13-11-17(10-12-18-5)14-16-15-20(8-3)9-4/h6-15H2,1-5H3/q-1. The first-order valence-corrected chi connectivity index (χ1v) is 14.8. The second-order valence-corrected chi connectivity index (χ2v) is 14.6. The molecule has 0 aromatic carbocycles. The van der Waals surface area contributed by atoms with Crippen molar-refractivity contribution in [3.05, 3.63) is 0 Å². The molecule has 0 saturated carbocycles. The molecule has 124 valence electrons. The van der Waals surface area contributed by atoms with E-state index >= 15 is 0 Å². The molecule has 0 aliphatic heterocycles. The molecule has 0 aromatic heterocycles. The minimum absolute atomic E-state index is 0.296. The van der Waals surface area contributed by atoms with E-state index in [1.807, 2.05) is 7.11 Å². The zero-order chi connectivity index (χ0) is 15.2. The van der Waals surface area contributed by atoms with Crippen molar-refractivity contribution in [2.24, 2.45) is 0 Å². The van der Waals surface area contributed by atoms with Crippen LogP contribution in [0.5, 0.6) is 0 Å². The van der Waals surface area contributed by atoms with Crippen LogP contribution in [-0.4, -0.2) is 71.2 Å². The van der Waals surface area contributed by atoms with Crippen molar-refractivity contribution in [3.63, 3.8) is 0 Å². The van der Waals surface area contributed by atoms with Crippen LogP contribution in [0.3, 0.4) is 0 Å². The first kappa shape index (κ1) is 21.5. The molecule has 0 bridgehead atoms. The first-order valence-electron chi connectivity index (χ1n) is 7.91. The Hall–Kier alpha value is 1.51. The Kier molecular flexibility index (Phi) is 16.6. The molecule has 0 N–H and O–H groups in total. The molecule has 0 radical (unpaired) electrons. The Bertz CT molecular complexity index is 202. The van der Waals surface area contributed by atoms with Gasteiger partial charge in [-0.05, 0) is 0 Å². The van der Waals surface area contributed by atoms with Crippen LogP contribution in [0.4, 0.5) is 0 Å². The van der Waals surface area contributed by atoms with E-state index in [9.17, 15) is 0 Å². The molecule has 20 heavy (non-hydrogen) atoms.